The fourth-order valence-corrected chi connectivity index (χ4v) is 3.28. The van der Waals surface area contributed by atoms with E-state index in [0.717, 1.165) is 11.3 Å². The topological polar surface area (TPSA) is 60.4 Å². The molecule has 1 amide bonds. The summed E-state index contributed by atoms with van der Waals surface area (Å²) in [5.74, 6) is 1.91. The minimum absolute atomic E-state index is 0.0239. The van der Waals surface area contributed by atoms with Gasteiger partial charge in [-0.05, 0) is 66.2 Å². The maximum absolute atomic E-state index is 12.1. The van der Waals surface area contributed by atoms with Crippen LogP contribution in [0.25, 0.3) is 0 Å². The van der Waals surface area contributed by atoms with E-state index >= 15 is 0 Å². The summed E-state index contributed by atoms with van der Waals surface area (Å²) in [6, 6.07) is 22.2. The molecule has 0 radical (unpaired) electrons. The van der Waals surface area contributed by atoms with Gasteiger partial charge in [-0.1, -0.05) is 23.7 Å². The predicted octanol–water partition coefficient (Wildman–Crippen LogP) is 5.12. The van der Waals surface area contributed by atoms with E-state index in [0.29, 0.717) is 48.6 Å². The van der Waals surface area contributed by atoms with Gasteiger partial charge in [0.15, 0.2) is 6.61 Å². The van der Waals surface area contributed by atoms with Crippen LogP contribution in [-0.2, 0) is 9.53 Å². The van der Waals surface area contributed by atoms with Gasteiger partial charge in [0.2, 0.25) is 0 Å². The second kappa shape index (κ2) is 10.8. The fourth-order valence-electron chi connectivity index (χ4n) is 3.10. The molecule has 0 spiro atoms. The van der Waals surface area contributed by atoms with Crippen LogP contribution in [0.3, 0.4) is 0 Å². The van der Waals surface area contributed by atoms with Crippen LogP contribution in [-0.4, -0.2) is 49.9 Å². The maximum Gasteiger partial charge on any atom is 0.260 e. The Morgan fingerprint density at radius 3 is 2.38 bits per heavy atom. The first-order valence-corrected chi connectivity index (χ1v) is 10.7. The number of halogens is 1. The minimum Gasteiger partial charge on any atom is -0.484 e. The standard InChI is InChI=1S/C25H23ClN2O4/c26-23-3-1-2-4-24(23)32-22-11-7-20(8-12-22)27-17-19-5-9-21(10-6-19)31-18-25(29)28-13-15-30-16-14-28/h1-12,17H,13-16,18H2. The number of hydrogen-bond acceptors (Lipinski definition) is 5. The Morgan fingerprint density at radius 1 is 0.969 bits per heavy atom. The number of aliphatic imine (C=N–C) groups is 1. The van der Waals surface area contributed by atoms with Crippen LogP contribution in [0.1, 0.15) is 5.56 Å². The monoisotopic (exact) mass is 450 g/mol. The van der Waals surface area contributed by atoms with Gasteiger partial charge in [0.05, 0.1) is 23.9 Å². The van der Waals surface area contributed by atoms with Gasteiger partial charge in [-0.3, -0.25) is 9.79 Å². The highest BCUT2D eigenvalue weighted by atomic mass is 35.5. The first kappa shape index (κ1) is 21.9. The summed E-state index contributed by atoms with van der Waals surface area (Å²) in [5.41, 5.74) is 1.72. The Bertz CT molecular complexity index is 1060. The molecule has 1 aliphatic rings. The maximum atomic E-state index is 12.1. The molecule has 1 aliphatic heterocycles. The summed E-state index contributed by atoms with van der Waals surface area (Å²) < 4.78 is 16.7. The number of rotatable bonds is 7. The third-order valence-corrected chi connectivity index (χ3v) is 5.18. The van der Waals surface area contributed by atoms with Crippen molar-refractivity contribution in [1.29, 1.82) is 0 Å². The minimum atomic E-state index is -0.0269. The van der Waals surface area contributed by atoms with Gasteiger partial charge in [-0.25, -0.2) is 0 Å². The third kappa shape index (κ3) is 6.09. The molecule has 0 bridgehead atoms. The van der Waals surface area contributed by atoms with Crippen molar-refractivity contribution in [3.63, 3.8) is 0 Å². The summed E-state index contributed by atoms with van der Waals surface area (Å²) in [6.07, 6.45) is 1.77. The quantitative estimate of drug-likeness (QED) is 0.469. The predicted molar refractivity (Wildman–Crippen MR) is 125 cm³/mol. The molecule has 7 heteroatoms. The second-order valence-corrected chi connectivity index (χ2v) is 7.54. The molecule has 1 saturated heterocycles. The van der Waals surface area contributed by atoms with Crippen LogP contribution in [0, 0.1) is 0 Å². The van der Waals surface area contributed by atoms with Crippen molar-refractivity contribution in [3.05, 3.63) is 83.4 Å². The molecule has 1 fully saturated rings. The molecule has 0 unspecified atom stereocenters. The lowest BCUT2D eigenvalue weighted by Crippen LogP contribution is -2.42. The number of benzene rings is 3. The normalized spacial score (nSPS) is 13.8. The van der Waals surface area contributed by atoms with E-state index in [1.807, 2.05) is 66.7 Å². The molecule has 1 heterocycles. The molecule has 0 N–H and O–H groups in total. The Morgan fingerprint density at radius 2 is 1.66 bits per heavy atom. The molecular formula is C25H23ClN2O4. The second-order valence-electron chi connectivity index (χ2n) is 7.14. The van der Waals surface area contributed by atoms with Gasteiger partial charge < -0.3 is 19.1 Å². The van der Waals surface area contributed by atoms with Crippen molar-refractivity contribution in [2.24, 2.45) is 4.99 Å². The average Bonchev–Trinajstić information content (AvgIpc) is 2.85. The van der Waals surface area contributed by atoms with E-state index in [2.05, 4.69) is 4.99 Å². The summed E-state index contributed by atoms with van der Waals surface area (Å²) >= 11 is 6.12. The summed E-state index contributed by atoms with van der Waals surface area (Å²) in [5, 5.41) is 0.562. The number of amides is 1. The van der Waals surface area contributed by atoms with Gasteiger partial charge >= 0.3 is 0 Å². The number of hydrogen-bond donors (Lipinski definition) is 0. The average molecular weight is 451 g/mol. The summed E-state index contributed by atoms with van der Waals surface area (Å²) in [4.78, 5) is 18.4. The first-order valence-electron chi connectivity index (χ1n) is 10.3. The van der Waals surface area contributed by atoms with Crippen molar-refractivity contribution >= 4 is 29.4 Å². The van der Waals surface area contributed by atoms with E-state index < -0.39 is 0 Å². The Balaban J connectivity index is 1.28. The van der Waals surface area contributed by atoms with Crippen LogP contribution in [0.4, 0.5) is 5.69 Å². The zero-order chi connectivity index (χ0) is 22.2. The zero-order valence-corrected chi connectivity index (χ0v) is 18.2. The molecule has 0 aliphatic carbocycles. The van der Waals surface area contributed by atoms with Crippen LogP contribution in [0.5, 0.6) is 17.2 Å². The lowest BCUT2D eigenvalue weighted by atomic mass is 10.2. The van der Waals surface area contributed by atoms with Crippen LogP contribution < -0.4 is 9.47 Å². The number of carbonyl (C=O) groups excluding carboxylic acids is 1. The molecule has 0 atom stereocenters. The molecule has 0 saturated carbocycles. The van der Waals surface area contributed by atoms with Crippen molar-refractivity contribution < 1.29 is 19.0 Å². The van der Waals surface area contributed by atoms with Crippen LogP contribution >= 0.6 is 11.6 Å². The van der Waals surface area contributed by atoms with E-state index in [1.165, 1.54) is 0 Å². The molecule has 164 valence electrons. The Kier molecular flexibility index (Phi) is 7.38. The smallest absolute Gasteiger partial charge is 0.260 e. The van der Waals surface area contributed by atoms with Crippen LogP contribution in [0.2, 0.25) is 5.02 Å². The Hall–Kier alpha value is -3.35. The third-order valence-electron chi connectivity index (χ3n) is 4.87. The van der Waals surface area contributed by atoms with Crippen molar-refractivity contribution in [2.75, 3.05) is 32.9 Å². The summed E-state index contributed by atoms with van der Waals surface area (Å²) in [7, 11) is 0. The largest absolute Gasteiger partial charge is 0.484 e. The molecule has 3 aromatic carbocycles. The molecule has 4 rings (SSSR count). The number of carbonyl (C=O) groups is 1. The van der Waals surface area contributed by atoms with Crippen molar-refractivity contribution in [2.45, 2.75) is 0 Å². The highest BCUT2D eigenvalue weighted by Gasteiger charge is 2.17. The van der Waals surface area contributed by atoms with Crippen LogP contribution in [0.15, 0.2) is 77.8 Å². The van der Waals surface area contributed by atoms with Gasteiger partial charge in [-0.2, -0.15) is 0 Å². The van der Waals surface area contributed by atoms with Gasteiger partial charge in [0.25, 0.3) is 5.91 Å². The molecule has 3 aromatic rings. The van der Waals surface area contributed by atoms with Gasteiger partial charge in [-0.15, -0.1) is 0 Å². The molecular weight excluding hydrogens is 428 g/mol. The number of ether oxygens (including phenoxy) is 3. The van der Waals surface area contributed by atoms with E-state index in [9.17, 15) is 4.79 Å². The van der Waals surface area contributed by atoms with Crippen molar-refractivity contribution in [3.8, 4) is 17.2 Å². The first-order chi connectivity index (χ1) is 15.7. The van der Waals surface area contributed by atoms with E-state index in [4.69, 9.17) is 25.8 Å². The number of morpholine rings is 1. The molecule has 6 nitrogen and oxygen atoms in total. The zero-order valence-electron chi connectivity index (χ0n) is 17.4. The lowest BCUT2D eigenvalue weighted by molar-refractivity contribution is -0.137. The summed E-state index contributed by atoms with van der Waals surface area (Å²) in [6.45, 7) is 2.42. The lowest BCUT2D eigenvalue weighted by Gasteiger charge is -2.26. The molecule has 0 aromatic heterocycles. The SMILES string of the molecule is O=C(COc1ccc(C=Nc2ccc(Oc3ccccc3Cl)cc2)cc1)N1CCOCC1. The van der Waals surface area contributed by atoms with Gasteiger partial charge in [0, 0.05) is 19.3 Å². The van der Waals surface area contributed by atoms with E-state index in [-0.39, 0.29) is 12.5 Å². The number of para-hydroxylation sites is 1. The van der Waals surface area contributed by atoms with E-state index in [1.54, 1.807) is 17.2 Å². The highest BCUT2D eigenvalue weighted by Crippen LogP contribution is 2.29. The Labute approximate surface area is 192 Å². The van der Waals surface area contributed by atoms with Crippen molar-refractivity contribution in [1.82, 2.24) is 4.90 Å². The number of nitrogens with zero attached hydrogens (tertiary/aromatic N) is 2. The highest BCUT2D eigenvalue weighted by molar-refractivity contribution is 6.32. The fraction of sp³-hybridized carbons (Fsp3) is 0.200. The molecule has 32 heavy (non-hydrogen) atoms. The van der Waals surface area contributed by atoms with Gasteiger partial charge in [0.1, 0.15) is 17.2 Å².